The van der Waals surface area contributed by atoms with E-state index in [0.29, 0.717) is 5.92 Å². The lowest BCUT2D eigenvalue weighted by Gasteiger charge is -2.14. The molecule has 2 N–H and O–H groups in total. The molecule has 4 nitrogen and oxygen atoms in total. The second-order valence-corrected chi connectivity index (χ2v) is 5.04. The van der Waals surface area contributed by atoms with Crippen LogP contribution < -0.4 is 10.6 Å². The minimum atomic E-state index is 0.175. The highest BCUT2D eigenvalue weighted by Crippen LogP contribution is 2.15. The van der Waals surface area contributed by atoms with Gasteiger partial charge in [-0.3, -0.25) is 4.79 Å². The van der Waals surface area contributed by atoms with E-state index in [-0.39, 0.29) is 11.8 Å². The van der Waals surface area contributed by atoms with E-state index in [2.05, 4.69) is 36.6 Å². The molecule has 94 valence electrons. The maximum atomic E-state index is 11.8. The number of hydrogen-bond donors (Lipinski definition) is 2. The van der Waals surface area contributed by atoms with Crippen LogP contribution in [0.15, 0.2) is 0 Å². The molecule has 1 heterocycles. The van der Waals surface area contributed by atoms with Gasteiger partial charge in [0.2, 0.25) is 5.91 Å². The van der Waals surface area contributed by atoms with Crippen molar-refractivity contribution >= 4 is 5.91 Å². The monoisotopic (exact) mass is 227 g/mol. The van der Waals surface area contributed by atoms with Crippen molar-refractivity contribution in [3.63, 3.8) is 0 Å². The molecule has 2 atom stereocenters. The van der Waals surface area contributed by atoms with Gasteiger partial charge in [-0.1, -0.05) is 6.92 Å². The summed E-state index contributed by atoms with van der Waals surface area (Å²) in [4.78, 5) is 14.0. The van der Waals surface area contributed by atoms with Gasteiger partial charge in [0, 0.05) is 13.1 Å². The Kier molecular flexibility index (Phi) is 5.77. The zero-order valence-corrected chi connectivity index (χ0v) is 10.8. The SMILES string of the molecule is CC1CNCC1C(=O)NCCCCN(C)C. The molecular weight excluding hydrogens is 202 g/mol. The van der Waals surface area contributed by atoms with Crippen molar-refractivity contribution in [2.75, 3.05) is 40.3 Å². The van der Waals surface area contributed by atoms with Gasteiger partial charge in [0.15, 0.2) is 0 Å². The van der Waals surface area contributed by atoms with Crippen LogP contribution in [-0.2, 0) is 4.79 Å². The molecule has 1 aliphatic heterocycles. The molecule has 0 radical (unpaired) electrons. The zero-order chi connectivity index (χ0) is 12.0. The van der Waals surface area contributed by atoms with E-state index in [1.54, 1.807) is 0 Å². The van der Waals surface area contributed by atoms with Crippen LogP contribution in [0.4, 0.5) is 0 Å². The van der Waals surface area contributed by atoms with Gasteiger partial charge in [-0.05, 0) is 45.9 Å². The third-order valence-corrected chi connectivity index (χ3v) is 3.19. The summed E-state index contributed by atoms with van der Waals surface area (Å²) < 4.78 is 0. The predicted octanol–water partition coefficient (Wildman–Crippen LogP) is 0.300. The van der Waals surface area contributed by atoms with E-state index < -0.39 is 0 Å². The summed E-state index contributed by atoms with van der Waals surface area (Å²) in [6.45, 7) is 5.85. The largest absolute Gasteiger partial charge is 0.356 e. The molecule has 0 aromatic carbocycles. The van der Waals surface area contributed by atoms with Gasteiger partial charge in [-0.25, -0.2) is 0 Å². The highest BCUT2D eigenvalue weighted by molar-refractivity contribution is 5.79. The fourth-order valence-corrected chi connectivity index (χ4v) is 2.06. The van der Waals surface area contributed by atoms with Crippen molar-refractivity contribution in [3.05, 3.63) is 0 Å². The van der Waals surface area contributed by atoms with Gasteiger partial charge < -0.3 is 15.5 Å². The van der Waals surface area contributed by atoms with Crippen molar-refractivity contribution in [1.29, 1.82) is 0 Å². The molecule has 1 fully saturated rings. The van der Waals surface area contributed by atoms with E-state index in [1.165, 1.54) is 0 Å². The first-order valence-corrected chi connectivity index (χ1v) is 6.24. The summed E-state index contributed by atoms with van der Waals surface area (Å²) >= 11 is 0. The minimum Gasteiger partial charge on any atom is -0.356 e. The molecule has 0 spiro atoms. The molecule has 1 amide bonds. The Balaban J connectivity index is 2.06. The smallest absolute Gasteiger partial charge is 0.224 e. The molecule has 0 bridgehead atoms. The van der Waals surface area contributed by atoms with Gasteiger partial charge in [-0.15, -0.1) is 0 Å². The van der Waals surface area contributed by atoms with Crippen LogP contribution >= 0.6 is 0 Å². The lowest BCUT2D eigenvalue weighted by atomic mass is 9.97. The van der Waals surface area contributed by atoms with Gasteiger partial charge in [0.1, 0.15) is 0 Å². The minimum absolute atomic E-state index is 0.175. The maximum absolute atomic E-state index is 11.8. The standard InChI is InChI=1S/C12H25N3O/c1-10-8-13-9-11(10)12(16)14-6-4-5-7-15(2)3/h10-11,13H,4-9H2,1-3H3,(H,14,16). The summed E-state index contributed by atoms with van der Waals surface area (Å²) in [5.41, 5.74) is 0. The third kappa shape index (κ3) is 4.49. The van der Waals surface area contributed by atoms with E-state index in [1.807, 2.05) is 0 Å². The van der Waals surface area contributed by atoms with Gasteiger partial charge >= 0.3 is 0 Å². The molecule has 0 saturated carbocycles. The number of carbonyl (C=O) groups is 1. The molecule has 1 saturated heterocycles. The molecule has 16 heavy (non-hydrogen) atoms. The van der Waals surface area contributed by atoms with Crippen LogP contribution in [0.1, 0.15) is 19.8 Å². The van der Waals surface area contributed by atoms with Crippen LogP contribution in [0.3, 0.4) is 0 Å². The Labute approximate surface area is 98.8 Å². The fraction of sp³-hybridized carbons (Fsp3) is 0.917. The van der Waals surface area contributed by atoms with Gasteiger partial charge in [0.25, 0.3) is 0 Å². The van der Waals surface area contributed by atoms with E-state index in [0.717, 1.165) is 39.0 Å². The number of unbranched alkanes of at least 4 members (excludes halogenated alkanes) is 1. The lowest BCUT2D eigenvalue weighted by molar-refractivity contribution is -0.125. The summed E-state index contributed by atoms with van der Waals surface area (Å²) in [6.07, 6.45) is 2.21. The molecule has 1 aliphatic rings. The molecule has 0 aliphatic carbocycles. The Morgan fingerprint density at radius 2 is 2.12 bits per heavy atom. The lowest BCUT2D eigenvalue weighted by Crippen LogP contribution is -2.35. The fourth-order valence-electron chi connectivity index (χ4n) is 2.06. The summed E-state index contributed by atoms with van der Waals surface area (Å²) in [7, 11) is 4.15. The first kappa shape index (κ1) is 13.5. The van der Waals surface area contributed by atoms with Gasteiger partial charge in [-0.2, -0.15) is 0 Å². The van der Waals surface area contributed by atoms with E-state index in [4.69, 9.17) is 0 Å². The number of rotatable bonds is 6. The van der Waals surface area contributed by atoms with E-state index >= 15 is 0 Å². The van der Waals surface area contributed by atoms with Gasteiger partial charge in [0.05, 0.1) is 5.92 Å². The average molecular weight is 227 g/mol. The summed E-state index contributed by atoms with van der Waals surface area (Å²) in [5.74, 6) is 0.873. The second-order valence-electron chi connectivity index (χ2n) is 5.04. The molecular formula is C12H25N3O. The van der Waals surface area contributed by atoms with Crippen LogP contribution in [0, 0.1) is 11.8 Å². The van der Waals surface area contributed by atoms with Crippen molar-refractivity contribution in [1.82, 2.24) is 15.5 Å². The van der Waals surface area contributed by atoms with E-state index in [9.17, 15) is 4.79 Å². The van der Waals surface area contributed by atoms with Crippen molar-refractivity contribution in [3.8, 4) is 0 Å². The number of hydrogen-bond acceptors (Lipinski definition) is 3. The zero-order valence-electron chi connectivity index (χ0n) is 10.8. The number of nitrogens with one attached hydrogen (secondary N) is 2. The average Bonchev–Trinajstić information content (AvgIpc) is 2.63. The predicted molar refractivity (Wildman–Crippen MR) is 66.3 cm³/mol. The Morgan fingerprint density at radius 1 is 1.38 bits per heavy atom. The molecule has 0 aromatic heterocycles. The van der Waals surface area contributed by atoms with Crippen LogP contribution in [0.25, 0.3) is 0 Å². The number of nitrogens with zero attached hydrogens (tertiary/aromatic N) is 1. The highest BCUT2D eigenvalue weighted by atomic mass is 16.1. The molecule has 0 aromatic rings. The first-order valence-electron chi connectivity index (χ1n) is 6.24. The maximum Gasteiger partial charge on any atom is 0.224 e. The Hall–Kier alpha value is -0.610. The quantitative estimate of drug-likeness (QED) is 0.642. The summed E-state index contributed by atoms with van der Waals surface area (Å²) in [5, 5.41) is 6.28. The van der Waals surface area contributed by atoms with Crippen molar-refractivity contribution < 1.29 is 4.79 Å². The van der Waals surface area contributed by atoms with Crippen molar-refractivity contribution in [2.45, 2.75) is 19.8 Å². The molecule has 4 heteroatoms. The topological polar surface area (TPSA) is 44.4 Å². The van der Waals surface area contributed by atoms with Crippen LogP contribution in [0.2, 0.25) is 0 Å². The first-order chi connectivity index (χ1) is 7.61. The Bertz CT molecular complexity index is 218. The highest BCUT2D eigenvalue weighted by Gasteiger charge is 2.28. The normalized spacial score (nSPS) is 25.0. The Morgan fingerprint density at radius 3 is 2.69 bits per heavy atom. The van der Waals surface area contributed by atoms with Crippen LogP contribution in [-0.4, -0.2) is 51.1 Å². The number of carbonyl (C=O) groups excluding carboxylic acids is 1. The van der Waals surface area contributed by atoms with Crippen LogP contribution in [0.5, 0.6) is 0 Å². The number of amides is 1. The summed E-state index contributed by atoms with van der Waals surface area (Å²) in [6, 6.07) is 0. The molecule has 1 rings (SSSR count). The van der Waals surface area contributed by atoms with Crippen molar-refractivity contribution in [2.24, 2.45) is 11.8 Å². The molecule has 2 unspecified atom stereocenters. The second kappa shape index (κ2) is 6.86. The third-order valence-electron chi connectivity index (χ3n) is 3.19.